The fraction of sp³-hybridized carbons (Fsp3) is 0.444. The number of hydrogen-bond acceptors (Lipinski definition) is 8. The first-order valence-corrected chi connectivity index (χ1v) is 12.0. The molecule has 0 spiro atoms. The van der Waals surface area contributed by atoms with Crippen LogP contribution in [-0.2, 0) is 30.3 Å². The smallest absolute Gasteiger partial charge is 0.416 e. The largest absolute Gasteiger partial charge is 0.497 e. The normalized spacial score (nSPS) is 22.4. The van der Waals surface area contributed by atoms with Gasteiger partial charge in [0.2, 0.25) is 0 Å². The first kappa shape index (κ1) is 26.3. The van der Waals surface area contributed by atoms with E-state index in [-0.39, 0.29) is 13.0 Å². The maximum atomic E-state index is 13.3. The lowest BCUT2D eigenvalue weighted by Gasteiger charge is -2.40. The quantitative estimate of drug-likeness (QED) is 0.466. The van der Waals surface area contributed by atoms with Gasteiger partial charge in [-0.15, -0.1) is 0 Å². The van der Waals surface area contributed by atoms with Crippen LogP contribution < -0.4 is 15.0 Å². The van der Waals surface area contributed by atoms with Crippen molar-refractivity contribution in [1.29, 1.82) is 0 Å². The van der Waals surface area contributed by atoms with Crippen molar-refractivity contribution in [1.82, 2.24) is 5.32 Å². The molecule has 2 aromatic carbocycles. The number of benzene rings is 2. The zero-order valence-corrected chi connectivity index (χ0v) is 21.6. The number of rotatable bonds is 5. The number of esters is 1. The highest BCUT2D eigenvalue weighted by atomic mass is 16.6. The van der Waals surface area contributed by atoms with Crippen molar-refractivity contribution in [3.8, 4) is 5.75 Å². The minimum absolute atomic E-state index is 0.0706. The Hall–Kier alpha value is -3.79. The molecule has 0 aliphatic carbocycles. The van der Waals surface area contributed by atoms with Crippen molar-refractivity contribution < 1.29 is 38.1 Å². The second-order valence-electron chi connectivity index (χ2n) is 9.89. The highest BCUT2D eigenvalue weighted by Gasteiger charge is 2.54. The minimum atomic E-state index is -0.936. The Morgan fingerprint density at radius 3 is 2.46 bits per heavy atom. The Bertz CT molecular complexity index is 1150. The summed E-state index contributed by atoms with van der Waals surface area (Å²) in [6, 6.07) is 14.5. The molecular formula is C27H32N2O8. The summed E-state index contributed by atoms with van der Waals surface area (Å²) in [6.07, 6.45) is -3.09. The molecule has 4 rings (SSSR count). The van der Waals surface area contributed by atoms with Crippen LogP contribution in [0.15, 0.2) is 48.5 Å². The molecular weight excluding hydrogens is 480 g/mol. The molecule has 1 fully saturated rings. The van der Waals surface area contributed by atoms with Crippen LogP contribution in [0.5, 0.6) is 5.75 Å². The minimum Gasteiger partial charge on any atom is -0.497 e. The highest BCUT2D eigenvalue weighted by molar-refractivity contribution is 5.93. The summed E-state index contributed by atoms with van der Waals surface area (Å²) in [7, 11) is 2.84. The Kier molecular flexibility index (Phi) is 7.58. The Balaban J connectivity index is 1.61. The third kappa shape index (κ3) is 5.80. The molecule has 198 valence electrons. The van der Waals surface area contributed by atoms with Crippen molar-refractivity contribution in [2.45, 2.75) is 57.8 Å². The van der Waals surface area contributed by atoms with E-state index in [2.05, 4.69) is 5.32 Å². The van der Waals surface area contributed by atoms with E-state index in [1.807, 2.05) is 30.3 Å². The standard InChI is InChI=1S/C27H32N2O8/c1-27(2,3)37-26(32)29-20-12-11-17(33-4)13-18(20)22-19(24(30)34-5)14-21(36-23(22)29)28-25(31)35-15-16-9-7-6-8-10-16/h6-13,19,21-23H,14-15H2,1-5H3,(H,28,31)/t19-,21-,22?,23?/m1/s1. The molecule has 37 heavy (non-hydrogen) atoms. The second-order valence-corrected chi connectivity index (χ2v) is 9.89. The molecule has 10 nitrogen and oxygen atoms in total. The molecule has 2 aliphatic heterocycles. The van der Waals surface area contributed by atoms with Crippen molar-refractivity contribution in [3.63, 3.8) is 0 Å². The molecule has 10 heteroatoms. The van der Waals surface area contributed by atoms with Gasteiger partial charge in [-0.1, -0.05) is 30.3 Å². The summed E-state index contributed by atoms with van der Waals surface area (Å²) in [5.41, 5.74) is 1.28. The predicted octanol–water partition coefficient (Wildman–Crippen LogP) is 4.32. The fourth-order valence-electron chi connectivity index (χ4n) is 4.66. The van der Waals surface area contributed by atoms with E-state index in [4.69, 9.17) is 23.7 Å². The van der Waals surface area contributed by atoms with Crippen LogP contribution in [0.3, 0.4) is 0 Å². The number of fused-ring (bicyclic) bond motifs is 3. The van der Waals surface area contributed by atoms with Crippen LogP contribution >= 0.6 is 0 Å². The average molecular weight is 513 g/mol. The average Bonchev–Trinajstić information content (AvgIpc) is 3.19. The molecule has 2 amide bonds. The van der Waals surface area contributed by atoms with Crippen LogP contribution in [0.1, 0.15) is 44.2 Å². The lowest BCUT2D eigenvalue weighted by Crippen LogP contribution is -2.54. The maximum Gasteiger partial charge on any atom is 0.416 e. The first-order chi connectivity index (χ1) is 17.6. The van der Waals surface area contributed by atoms with Crippen LogP contribution in [0.25, 0.3) is 0 Å². The van der Waals surface area contributed by atoms with Gasteiger partial charge in [-0.2, -0.15) is 0 Å². The van der Waals surface area contributed by atoms with E-state index in [0.717, 1.165) is 5.56 Å². The number of nitrogens with zero attached hydrogens (tertiary/aromatic N) is 1. The molecule has 4 atom stereocenters. The number of alkyl carbamates (subject to hydrolysis) is 1. The Morgan fingerprint density at radius 2 is 1.81 bits per heavy atom. The summed E-state index contributed by atoms with van der Waals surface area (Å²) < 4.78 is 27.7. The predicted molar refractivity (Wildman–Crippen MR) is 133 cm³/mol. The molecule has 1 saturated heterocycles. The van der Waals surface area contributed by atoms with Crippen molar-refractivity contribution >= 4 is 23.8 Å². The van der Waals surface area contributed by atoms with Gasteiger partial charge in [0.1, 0.15) is 24.2 Å². The Labute approximate surface area is 215 Å². The van der Waals surface area contributed by atoms with E-state index in [1.54, 1.807) is 39.0 Å². The van der Waals surface area contributed by atoms with Gasteiger partial charge < -0.3 is 23.7 Å². The fourth-order valence-corrected chi connectivity index (χ4v) is 4.66. The zero-order chi connectivity index (χ0) is 26.7. The number of hydrogen-bond donors (Lipinski definition) is 1. The van der Waals surface area contributed by atoms with Crippen LogP contribution in [-0.4, -0.2) is 50.4 Å². The molecule has 0 saturated carbocycles. The van der Waals surface area contributed by atoms with Crippen LogP contribution in [0.2, 0.25) is 0 Å². The van der Waals surface area contributed by atoms with Crippen molar-refractivity contribution in [2.75, 3.05) is 19.1 Å². The Morgan fingerprint density at radius 1 is 1.08 bits per heavy atom. The molecule has 0 bridgehead atoms. The highest BCUT2D eigenvalue weighted by Crippen LogP contribution is 2.51. The van der Waals surface area contributed by atoms with Gasteiger partial charge in [-0.25, -0.2) is 9.59 Å². The van der Waals surface area contributed by atoms with Gasteiger partial charge >= 0.3 is 18.2 Å². The second kappa shape index (κ2) is 10.7. The van der Waals surface area contributed by atoms with Gasteiger partial charge in [0.15, 0.2) is 6.23 Å². The number of ether oxygens (including phenoxy) is 5. The lowest BCUT2D eigenvalue weighted by molar-refractivity contribution is -0.158. The van der Waals surface area contributed by atoms with Crippen LogP contribution in [0.4, 0.5) is 15.3 Å². The number of amides is 2. The summed E-state index contributed by atoms with van der Waals surface area (Å²) in [4.78, 5) is 40.2. The first-order valence-electron chi connectivity index (χ1n) is 12.0. The number of anilines is 1. The maximum absolute atomic E-state index is 13.3. The topological polar surface area (TPSA) is 113 Å². The molecule has 0 aromatic heterocycles. The number of nitrogens with one attached hydrogen (secondary N) is 1. The SMILES string of the molecule is COC(=O)[C@@H]1C[C@H](NC(=O)OCc2ccccc2)OC2C1c1cc(OC)ccc1N2C(=O)OC(C)(C)C. The van der Waals surface area contributed by atoms with Gasteiger partial charge in [-0.3, -0.25) is 15.0 Å². The van der Waals surface area contributed by atoms with Gasteiger partial charge in [0.05, 0.1) is 25.8 Å². The number of methoxy groups -OCH3 is 2. The summed E-state index contributed by atoms with van der Waals surface area (Å²) >= 11 is 0. The van der Waals surface area contributed by atoms with E-state index in [9.17, 15) is 14.4 Å². The third-order valence-electron chi connectivity index (χ3n) is 6.21. The van der Waals surface area contributed by atoms with Gasteiger partial charge in [-0.05, 0) is 50.1 Å². The number of carbonyl (C=O) groups excluding carboxylic acids is 3. The van der Waals surface area contributed by atoms with Crippen molar-refractivity contribution in [3.05, 3.63) is 59.7 Å². The third-order valence-corrected chi connectivity index (χ3v) is 6.21. The van der Waals surface area contributed by atoms with Gasteiger partial charge in [0.25, 0.3) is 0 Å². The van der Waals surface area contributed by atoms with E-state index < -0.39 is 48.0 Å². The molecule has 2 aromatic rings. The molecule has 2 aliphatic rings. The van der Waals surface area contributed by atoms with E-state index in [1.165, 1.54) is 19.1 Å². The molecule has 1 N–H and O–H groups in total. The van der Waals surface area contributed by atoms with Gasteiger partial charge in [0, 0.05) is 12.3 Å². The van der Waals surface area contributed by atoms with Crippen LogP contribution in [0, 0.1) is 5.92 Å². The summed E-state index contributed by atoms with van der Waals surface area (Å²) in [6.45, 7) is 5.36. The van der Waals surface area contributed by atoms with E-state index >= 15 is 0 Å². The number of carbonyl (C=O) groups is 3. The zero-order valence-electron chi connectivity index (χ0n) is 21.6. The van der Waals surface area contributed by atoms with Crippen molar-refractivity contribution in [2.24, 2.45) is 5.92 Å². The summed E-state index contributed by atoms with van der Waals surface area (Å²) in [5, 5.41) is 2.67. The van der Waals surface area contributed by atoms with E-state index in [0.29, 0.717) is 17.0 Å². The monoisotopic (exact) mass is 512 g/mol. The molecule has 2 heterocycles. The lowest BCUT2D eigenvalue weighted by atomic mass is 9.81. The molecule has 2 unspecified atom stereocenters. The molecule has 0 radical (unpaired) electrons. The summed E-state index contributed by atoms with van der Waals surface area (Å²) in [5.74, 6) is -1.20.